The van der Waals surface area contributed by atoms with Crippen LogP contribution in [0.2, 0.25) is 0 Å². The van der Waals surface area contributed by atoms with Gasteiger partial charge in [0.2, 0.25) is 0 Å². The second-order valence-electron chi connectivity index (χ2n) is 7.87. The Bertz CT molecular complexity index is 1260. The molecule has 2 aromatic heterocycles. The highest BCUT2D eigenvalue weighted by Crippen LogP contribution is 2.25. The molecule has 2 heterocycles. The summed E-state index contributed by atoms with van der Waals surface area (Å²) >= 11 is 0. The van der Waals surface area contributed by atoms with E-state index in [0.29, 0.717) is 5.56 Å². The molecule has 5 nitrogen and oxygen atoms in total. The molecule has 1 amide bonds. The van der Waals surface area contributed by atoms with E-state index in [0.717, 1.165) is 41.7 Å². The molecule has 5 heteroatoms. The smallest absolute Gasteiger partial charge is 0.271 e. The van der Waals surface area contributed by atoms with E-state index in [1.807, 2.05) is 25.1 Å². The third kappa shape index (κ3) is 3.52. The number of fused-ring (bicyclic) bond motifs is 2. The van der Waals surface area contributed by atoms with Crippen LogP contribution in [0.5, 0.6) is 0 Å². The number of unbranched alkanes of at least 4 members (excludes halogenated alkanes) is 1. The van der Waals surface area contributed by atoms with Crippen molar-refractivity contribution in [1.82, 2.24) is 15.0 Å². The number of nitrogens with one attached hydrogen (secondary N) is 2. The van der Waals surface area contributed by atoms with Crippen molar-refractivity contribution in [2.45, 2.75) is 47.1 Å². The van der Waals surface area contributed by atoms with Gasteiger partial charge in [0, 0.05) is 39.6 Å². The molecule has 0 aliphatic rings. The number of aromatic nitrogens is 2. The molecule has 0 fully saturated rings. The van der Waals surface area contributed by atoms with Crippen LogP contribution in [0.15, 0.2) is 47.6 Å². The first-order valence-electron chi connectivity index (χ1n) is 10.5. The number of rotatable bonds is 6. The molecular formula is C25H28N4O. The van der Waals surface area contributed by atoms with E-state index in [2.05, 4.69) is 65.1 Å². The van der Waals surface area contributed by atoms with Crippen LogP contribution in [0.25, 0.3) is 21.8 Å². The third-order valence-electron chi connectivity index (χ3n) is 5.93. The maximum atomic E-state index is 12.7. The van der Waals surface area contributed by atoms with E-state index < -0.39 is 0 Å². The van der Waals surface area contributed by atoms with Gasteiger partial charge in [-0.2, -0.15) is 5.10 Å². The van der Waals surface area contributed by atoms with Gasteiger partial charge in [0.05, 0.1) is 11.9 Å². The van der Waals surface area contributed by atoms with E-state index in [9.17, 15) is 4.79 Å². The quantitative estimate of drug-likeness (QED) is 0.321. The summed E-state index contributed by atoms with van der Waals surface area (Å²) in [5.41, 5.74) is 10.1. The highest BCUT2D eigenvalue weighted by molar-refractivity contribution is 6.00. The van der Waals surface area contributed by atoms with Gasteiger partial charge in [0.25, 0.3) is 5.91 Å². The van der Waals surface area contributed by atoms with Crippen molar-refractivity contribution < 1.29 is 4.79 Å². The van der Waals surface area contributed by atoms with E-state index in [1.165, 1.54) is 22.0 Å². The van der Waals surface area contributed by atoms with Crippen molar-refractivity contribution in [2.75, 3.05) is 0 Å². The number of nitrogens with zero attached hydrogens (tertiary/aromatic N) is 2. The van der Waals surface area contributed by atoms with Crippen molar-refractivity contribution in [3.05, 3.63) is 70.5 Å². The number of hydrazone groups is 1. The minimum atomic E-state index is -0.208. The normalized spacial score (nSPS) is 11.7. The fourth-order valence-corrected chi connectivity index (χ4v) is 4.04. The molecule has 0 aliphatic carbocycles. The Hall–Kier alpha value is -3.34. The summed E-state index contributed by atoms with van der Waals surface area (Å²) in [7, 11) is 0. The number of benzene rings is 2. The van der Waals surface area contributed by atoms with Gasteiger partial charge in [-0.25, -0.2) is 5.43 Å². The summed E-state index contributed by atoms with van der Waals surface area (Å²) < 4.78 is 2.29. The Labute approximate surface area is 176 Å². The molecule has 0 unspecified atom stereocenters. The number of para-hydroxylation sites is 1. The van der Waals surface area contributed by atoms with Gasteiger partial charge < -0.3 is 9.55 Å². The predicted molar refractivity (Wildman–Crippen MR) is 124 cm³/mol. The topological polar surface area (TPSA) is 62.2 Å². The number of hydrogen-bond donors (Lipinski definition) is 2. The molecule has 0 atom stereocenters. The van der Waals surface area contributed by atoms with E-state index in [1.54, 1.807) is 6.21 Å². The lowest BCUT2D eigenvalue weighted by Crippen LogP contribution is -2.18. The zero-order valence-electron chi connectivity index (χ0n) is 18.0. The van der Waals surface area contributed by atoms with Gasteiger partial charge in [-0.1, -0.05) is 31.5 Å². The maximum absolute atomic E-state index is 12.7. The molecule has 2 aromatic carbocycles. The summed E-state index contributed by atoms with van der Waals surface area (Å²) in [6, 6.07) is 14.1. The fraction of sp³-hybridized carbons (Fsp3) is 0.280. The molecule has 2 N–H and O–H groups in total. The lowest BCUT2D eigenvalue weighted by Gasteiger charge is -2.08. The molecule has 0 bridgehead atoms. The van der Waals surface area contributed by atoms with Crippen LogP contribution in [-0.4, -0.2) is 21.7 Å². The first-order valence-corrected chi connectivity index (χ1v) is 10.5. The van der Waals surface area contributed by atoms with E-state index in [-0.39, 0.29) is 5.91 Å². The summed E-state index contributed by atoms with van der Waals surface area (Å²) in [4.78, 5) is 16.0. The maximum Gasteiger partial charge on any atom is 0.271 e. The van der Waals surface area contributed by atoms with Gasteiger partial charge in [0.15, 0.2) is 0 Å². The molecule has 0 aliphatic heterocycles. The number of carbonyl (C=O) groups is 1. The van der Waals surface area contributed by atoms with Gasteiger partial charge in [-0.3, -0.25) is 4.79 Å². The Morgan fingerprint density at radius 2 is 1.90 bits per heavy atom. The number of carbonyl (C=O) groups excluding carboxylic acids is 1. The molecule has 30 heavy (non-hydrogen) atoms. The minimum Gasteiger partial charge on any atom is -0.358 e. The van der Waals surface area contributed by atoms with Gasteiger partial charge in [-0.15, -0.1) is 0 Å². The van der Waals surface area contributed by atoms with Crippen LogP contribution < -0.4 is 5.43 Å². The molecule has 0 saturated carbocycles. The first-order chi connectivity index (χ1) is 14.5. The molecule has 4 rings (SSSR count). The first kappa shape index (κ1) is 20.0. The highest BCUT2D eigenvalue weighted by atomic mass is 16.2. The molecule has 0 radical (unpaired) electrons. The average molecular weight is 401 g/mol. The number of hydrogen-bond acceptors (Lipinski definition) is 2. The number of H-pyrrole nitrogens is 1. The molecule has 4 aromatic rings. The molecule has 0 saturated heterocycles. The molecule has 154 valence electrons. The van der Waals surface area contributed by atoms with Crippen LogP contribution in [0, 0.1) is 20.8 Å². The zero-order chi connectivity index (χ0) is 21.3. The Morgan fingerprint density at radius 1 is 1.10 bits per heavy atom. The third-order valence-corrected chi connectivity index (χ3v) is 5.93. The van der Waals surface area contributed by atoms with Gasteiger partial charge in [-0.05, 0) is 62.6 Å². The van der Waals surface area contributed by atoms with Crippen LogP contribution in [0.4, 0.5) is 0 Å². The monoisotopic (exact) mass is 400 g/mol. The Balaban J connectivity index is 1.60. The van der Waals surface area contributed by atoms with Crippen molar-refractivity contribution in [1.29, 1.82) is 0 Å². The van der Waals surface area contributed by atoms with E-state index in [4.69, 9.17) is 0 Å². The lowest BCUT2D eigenvalue weighted by molar-refractivity contribution is 0.0955. The van der Waals surface area contributed by atoms with Crippen LogP contribution in [0.1, 0.15) is 52.6 Å². The number of amides is 1. The largest absolute Gasteiger partial charge is 0.358 e. The average Bonchev–Trinajstić information content (AvgIpc) is 3.19. The second kappa shape index (κ2) is 8.19. The lowest BCUT2D eigenvalue weighted by atomic mass is 10.1. The van der Waals surface area contributed by atoms with Crippen LogP contribution in [-0.2, 0) is 6.54 Å². The number of aromatic amines is 1. The standard InChI is InChI=1S/C25H28N4O/c1-5-6-13-29-23-10-8-7-9-20(23)17(3)24(29)15-26-28-25(30)19-11-12-22-21(14-19)16(2)18(4)27-22/h7-12,14-15,27H,5-6,13H2,1-4H3,(H,28,30)/b26-15+. The van der Waals surface area contributed by atoms with Gasteiger partial charge >= 0.3 is 0 Å². The van der Waals surface area contributed by atoms with Crippen LogP contribution in [0.3, 0.4) is 0 Å². The van der Waals surface area contributed by atoms with Crippen molar-refractivity contribution in [3.63, 3.8) is 0 Å². The van der Waals surface area contributed by atoms with Crippen molar-refractivity contribution >= 4 is 33.9 Å². The summed E-state index contributed by atoms with van der Waals surface area (Å²) in [5, 5.41) is 6.59. The predicted octanol–water partition coefficient (Wildman–Crippen LogP) is 5.61. The SMILES string of the molecule is CCCCn1c(/C=N/NC(=O)c2ccc3[nH]c(C)c(C)c3c2)c(C)c2ccccc21. The van der Waals surface area contributed by atoms with Crippen molar-refractivity contribution in [3.8, 4) is 0 Å². The second-order valence-corrected chi connectivity index (χ2v) is 7.87. The minimum absolute atomic E-state index is 0.208. The van der Waals surface area contributed by atoms with Crippen LogP contribution >= 0.6 is 0 Å². The summed E-state index contributed by atoms with van der Waals surface area (Å²) in [5.74, 6) is -0.208. The fourth-order valence-electron chi connectivity index (χ4n) is 4.04. The van der Waals surface area contributed by atoms with Gasteiger partial charge in [0.1, 0.15) is 0 Å². The van der Waals surface area contributed by atoms with E-state index >= 15 is 0 Å². The summed E-state index contributed by atoms with van der Waals surface area (Å²) in [6.45, 7) is 9.34. The Kier molecular flexibility index (Phi) is 5.44. The zero-order valence-corrected chi connectivity index (χ0v) is 18.0. The highest BCUT2D eigenvalue weighted by Gasteiger charge is 2.13. The number of aryl methyl sites for hydroxylation is 4. The summed E-state index contributed by atoms with van der Waals surface area (Å²) in [6.07, 6.45) is 3.99. The molecule has 0 spiro atoms. The van der Waals surface area contributed by atoms with Crippen molar-refractivity contribution in [2.24, 2.45) is 5.10 Å². The molecular weight excluding hydrogens is 372 g/mol. The Morgan fingerprint density at radius 3 is 2.70 bits per heavy atom.